The van der Waals surface area contributed by atoms with Crippen molar-refractivity contribution in [1.82, 2.24) is 5.06 Å². The number of hydroxylamine groups is 2. The molecule has 1 amide bonds. The molecule has 4 rings (SSSR count). The average molecular weight is 422 g/mol. The third-order valence-corrected chi connectivity index (χ3v) is 6.28. The monoisotopic (exact) mass is 421 g/mol. The first-order valence-corrected chi connectivity index (χ1v) is 10.9. The van der Waals surface area contributed by atoms with Crippen molar-refractivity contribution >= 4 is 17.5 Å². The first-order chi connectivity index (χ1) is 14.7. The summed E-state index contributed by atoms with van der Waals surface area (Å²) in [5.41, 5.74) is 3.77. The van der Waals surface area contributed by atoms with Gasteiger partial charge in [0.1, 0.15) is 5.60 Å². The van der Waals surface area contributed by atoms with Crippen LogP contribution in [0.3, 0.4) is 0 Å². The fourth-order valence-electron chi connectivity index (χ4n) is 4.20. The van der Waals surface area contributed by atoms with Crippen molar-refractivity contribution in [2.45, 2.75) is 51.6 Å². The van der Waals surface area contributed by atoms with Crippen LogP contribution in [0.5, 0.6) is 0 Å². The van der Waals surface area contributed by atoms with E-state index in [1.165, 1.54) is 5.56 Å². The molecule has 1 saturated heterocycles. The number of piperidine rings is 1. The van der Waals surface area contributed by atoms with Crippen LogP contribution in [0.4, 0.5) is 10.5 Å². The Morgan fingerprint density at radius 1 is 1.16 bits per heavy atom. The second-order valence-electron chi connectivity index (χ2n) is 9.61. The number of hydrogen-bond donors (Lipinski definition) is 1. The molecule has 2 heterocycles. The minimum absolute atomic E-state index is 0.0747. The number of carbonyl (C=O) groups is 1. The molecular weight excluding hydrogens is 390 g/mol. The minimum atomic E-state index is -0.472. The Balaban J connectivity index is 1.30. The first-order valence-electron chi connectivity index (χ1n) is 10.9. The van der Waals surface area contributed by atoms with Crippen molar-refractivity contribution < 1.29 is 14.5 Å². The molecule has 6 heteroatoms. The van der Waals surface area contributed by atoms with Crippen LogP contribution in [0.1, 0.15) is 51.7 Å². The Morgan fingerprint density at radius 3 is 2.52 bits per heavy atom. The van der Waals surface area contributed by atoms with Crippen LogP contribution in [0.15, 0.2) is 59.8 Å². The number of oxime groups is 1. The molecule has 0 saturated carbocycles. The minimum Gasteiger partial charge on any atom is -0.388 e. The lowest BCUT2D eigenvalue weighted by molar-refractivity contribution is -0.178. The lowest BCUT2D eigenvalue weighted by Crippen LogP contribution is -2.51. The van der Waals surface area contributed by atoms with Crippen LogP contribution in [-0.4, -0.2) is 35.6 Å². The molecule has 2 aromatic rings. The molecule has 164 valence electrons. The largest absolute Gasteiger partial charge is 0.430 e. The highest BCUT2D eigenvalue weighted by Gasteiger charge is 2.48. The van der Waals surface area contributed by atoms with E-state index in [-0.39, 0.29) is 16.9 Å². The van der Waals surface area contributed by atoms with Gasteiger partial charge in [-0.3, -0.25) is 5.32 Å². The second-order valence-corrected chi connectivity index (χ2v) is 9.61. The van der Waals surface area contributed by atoms with Crippen molar-refractivity contribution in [3.8, 4) is 0 Å². The van der Waals surface area contributed by atoms with Gasteiger partial charge < -0.3 is 9.68 Å². The highest BCUT2D eigenvalue weighted by molar-refractivity contribution is 6.01. The van der Waals surface area contributed by atoms with Gasteiger partial charge in [0.05, 0.1) is 5.71 Å². The average Bonchev–Trinajstić information content (AvgIpc) is 3.17. The van der Waals surface area contributed by atoms with Crippen LogP contribution in [-0.2, 0) is 15.1 Å². The normalized spacial score (nSPS) is 23.9. The predicted molar refractivity (Wildman–Crippen MR) is 122 cm³/mol. The van der Waals surface area contributed by atoms with Gasteiger partial charge in [0.2, 0.25) is 0 Å². The van der Waals surface area contributed by atoms with E-state index in [1.54, 1.807) is 5.06 Å². The summed E-state index contributed by atoms with van der Waals surface area (Å²) in [7, 11) is 0. The van der Waals surface area contributed by atoms with Crippen LogP contribution >= 0.6 is 0 Å². The smallest absolute Gasteiger partial charge is 0.388 e. The molecule has 0 bridgehead atoms. The van der Waals surface area contributed by atoms with Crippen molar-refractivity contribution in [3.05, 3.63) is 65.7 Å². The van der Waals surface area contributed by atoms with Gasteiger partial charge in [0.15, 0.2) is 0 Å². The number of anilines is 1. The summed E-state index contributed by atoms with van der Waals surface area (Å²) in [6.45, 7) is 9.83. The maximum Gasteiger partial charge on any atom is 0.430 e. The van der Waals surface area contributed by atoms with E-state index in [9.17, 15) is 4.79 Å². The van der Waals surface area contributed by atoms with E-state index in [4.69, 9.17) is 9.68 Å². The summed E-state index contributed by atoms with van der Waals surface area (Å²) in [6, 6.07) is 18.0. The standard InChI is InChI=1S/C25H31N3O3/c1-18-17-28(30-23(29)26-21-12-10-20(11-13-21)24(2,3)4)15-14-25(18)16-22(27-31-25)19-8-6-5-7-9-19/h5-13,18H,14-17H2,1-4H3,(H,26,29). The molecule has 6 nitrogen and oxygen atoms in total. The quantitative estimate of drug-likeness (QED) is 0.725. The van der Waals surface area contributed by atoms with Crippen LogP contribution in [0.25, 0.3) is 0 Å². The van der Waals surface area contributed by atoms with Crippen molar-refractivity contribution in [2.24, 2.45) is 11.1 Å². The van der Waals surface area contributed by atoms with Gasteiger partial charge in [-0.25, -0.2) is 4.79 Å². The fourth-order valence-corrected chi connectivity index (χ4v) is 4.20. The number of carbonyl (C=O) groups excluding carboxylic acids is 1. The summed E-state index contributed by atoms with van der Waals surface area (Å²) in [6.07, 6.45) is 1.06. The predicted octanol–water partition coefficient (Wildman–Crippen LogP) is 5.35. The summed E-state index contributed by atoms with van der Waals surface area (Å²) in [4.78, 5) is 23.9. The molecule has 1 fully saturated rings. The summed E-state index contributed by atoms with van der Waals surface area (Å²) < 4.78 is 0. The second kappa shape index (κ2) is 8.35. The molecule has 2 aliphatic rings. The summed E-state index contributed by atoms with van der Waals surface area (Å²) in [5, 5.41) is 8.91. The highest BCUT2D eigenvalue weighted by Crippen LogP contribution is 2.40. The van der Waals surface area contributed by atoms with Crippen LogP contribution in [0.2, 0.25) is 0 Å². The SMILES string of the molecule is CC1CN(OC(=O)Nc2ccc(C(C)(C)C)cc2)CCC12CC(c1ccccc1)=NO2. The van der Waals surface area contributed by atoms with E-state index >= 15 is 0 Å². The topological polar surface area (TPSA) is 63.2 Å². The Bertz CT molecular complexity index is 950. The lowest BCUT2D eigenvalue weighted by Gasteiger charge is -2.40. The maximum absolute atomic E-state index is 12.4. The molecule has 2 atom stereocenters. The molecule has 2 aliphatic heterocycles. The highest BCUT2D eigenvalue weighted by atomic mass is 16.7. The third-order valence-electron chi connectivity index (χ3n) is 6.28. The van der Waals surface area contributed by atoms with Gasteiger partial charge in [0, 0.05) is 37.5 Å². The Hall–Kier alpha value is -2.86. The molecule has 2 unspecified atom stereocenters. The van der Waals surface area contributed by atoms with E-state index in [1.807, 2.05) is 42.5 Å². The number of rotatable bonds is 3. The van der Waals surface area contributed by atoms with Gasteiger partial charge in [-0.1, -0.05) is 75.3 Å². The van der Waals surface area contributed by atoms with Gasteiger partial charge >= 0.3 is 6.09 Å². The molecule has 0 radical (unpaired) electrons. The van der Waals surface area contributed by atoms with E-state index < -0.39 is 6.09 Å². The van der Waals surface area contributed by atoms with E-state index in [0.29, 0.717) is 13.1 Å². The Labute approximate surface area is 184 Å². The van der Waals surface area contributed by atoms with Gasteiger partial charge in [-0.15, -0.1) is 5.06 Å². The van der Waals surface area contributed by atoms with E-state index in [2.05, 4.69) is 50.3 Å². The summed E-state index contributed by atoms with van der Waals surface area (Å²) >= 11 is 0. The number of amides is 1. The number of nitrogens with one attached hydrogen (secondary N) is 1. The first kappa shape index (κ1) is 21.4. The molecule has 1 N–H and O–H groups in total. The molecule has 0 aliphatic carbocycles. The Kier molecular flexibility index (Phi) is 5.75. The van der Waals surface area contributed by atoms with Crippen molar-refractivity contribution in [1.29, 1.82) is 0 Å². The van der Waals surface area contributed by atoms with Crippen LogP contribution < -0.4 is 5.32 Å². The zero-order chi connectivity index (χ0) is 22.1. The number of hydrogen-bond acceptors (Lipinski definition) is 5. The van der Waals surface area contributed by atoms with Crippen molar-refractivity contribution in [2.75, 3.05) is 18.4 Å². The van der Waals surface area contributed by atoms with Gasteiger partial charge in [0.25, 0.3) is 0 Å². The number of benzene rings is 2. The zero-order valence-corrected chi connectivity index (χ0v) is 18.7. The van der Waals surface area contributed by atoms with Gasteiger partial charge in [-0.2, -0.15) is 0 Å². The lowest BCUT2D eigenvalue weighted by atomic mass is 9.78. The van der Waals surface area contributed by atoms with Crippen molar-refractivity contribution in [3.63, 3.8) is 0 Å². The molecule has 2 aromatic carbocycles. The molecule has 0 aromatic heterocycles. The molecule has 1 spiro atoms. The number of nitrogens with zero attached hydrogens (tertiary/aromatic N) is 2. The fraction of sp³-hybridized carbons (Fsp3) is 0.440. The summed E-state index contributed by atoms with van der Waals surface area (Å²) in [5.74, 6) is 0.171. The Morgan fingerprint density at radius 2 is 1.87 bits per heavy atom. The van der Waals surface area contributed by atoms with E-state index in [0.717, 1.165) is 29.8 Å². The van der Waals surface area contributed by atoms with Crippen LogP contribution in [0, 0.1) is 5.92 Å². The zero-order valence-electron chi connectivity index (χ0n) is 18.7. The van der Waals surface area contributed by atoms with Gasteiger partial charge in [-0.05, 0) is 28.7 Å². The maximum atomic E-state index is 12.4. The molecule has 31 heavy (non-hydrogen) atoms. The molecular formula is C25H31N3O3. The third kappa shape index (κ3) is 4.74.